The topological polar surface area (TPSA) is 173 Å². The number of hydrogen-bond acceptors (Lipinski definition) is 13. The lowest BCUT2D eigenvalue weighted by Gasteiger charge is -2.38. The van der Waals surface area contributed by atoms with Crippen LogP contribution in [0.2, 0.25) is 0 Å². The molecule has 0 radical (unpaired) electrons. The number of hydrazine groups is 1. The molecule has 1 aromatic carbocycles. The highest BCUT2D eigenvalue weighted by molar-refractivity contribution is 7.10. The second kappa shape index (κ2) is 21.2. The van der Waals surface area contributed by atoms with Crippen LogP contribution in [-0.4, -0.2) is 157 Å². The van der Waals surface area contributed by atoms with Crippen molar-refractivity contribution in [3.8, 4) is 22.5 Å². The molecule has 380 valence electrons. The summed E-state index contributed by atoms with van der Waals surface area (Å²) in [6.45, 7) is 11.8. The third kappa shape index (κ3) is 11.2. The molecule has 6 bridgehead atoms. The van der Waals surface area contributed by atoms with Crippen molar-refractivity contribution >= 4 is 51.7 Å². The van der Waals surface area contributed by atoms with E-state index in [0.717, 1.165) is 5.69 Å². The molecule has 0 spiro atoms. The van der Waals surface area contributed by atoms with Crippen LogP contribution < -0.4 is 15.6 Å². The summed E-state index contributed by atoms with van der Waals surface area (Å²) >= 11 is 1.28. The van der Waals surface area contributed by atoms with Gasteiger partial charge in [-0.25, -0.2) is 15.2 Å². The molecule has 2 N–H and O–H groups in total. The first kappa shape index (κ1) is 51.0. The zero-order chi connectivity index (χ0) is 50.1. The van der Waals surface area contributed by atoms with E-state index in [1.54, 1.807) is 30.3 Å². The number of anilines is 1. The van der Waals surface area contributed by atoms with E-state index in [9.17, 15) is 32.3 Å². The Bertz CT molecular complexity index is 2560. The maximum Gasteiger partial charge on any atom is 0.406 e. The SMILES string of the molecule is CO[C@@H](C)c1ncc(N2CCOCC2)cc1-c1c2c3cc(ccc3n1CC(F)(F)F)-c1csc(n1)C[C@H](NC(=O)[C@H](C(C)C)N(C)C(=O)N1CCOCC1)C(=O)N1CCC[C@H](N1)C(=O)OCC(C)(C)C2. The number of cyclic esters (lactones) is 1. The number of amides is 4. The van der Waals surface area contributed by atoms with Gasteiger partial charge in [-0.05, 0) is 55.9 Å². The number of benzene rings is 1. The third-order valence-corrected chi connectivity index (χ3v) is 14.4. The standard InChI is InChI=1S/C49H64F3N9O8S/c1-29(2)42(57(6)47(65)59-15-19-68-20-16-59)44(62)55-37-23-40-54-38(26-70-40)31-10-11-39-33(21-31)35(24-48(4,5)28-69-46(64)36-9-8-12-61(56-36)45(37)63)43(60(39)27-49(50,51)52)34-22-32(58-13-17-67-18-14-58)25-53-41(34)30(3)66-7/h10-11,21-22,25-26,29-30,36-37,42,56H,8-9,12-20,23-24,27-28H2,1-7H3,(H,55,62)/t30-,36-,37-,42-/m0/s1. The summed E-state index contributed by atoms with van der Waals surface area (Å²) in [7, 11) is 3.11. The van der Waals surface area contributed by atoms with Crippen LogP contribution in [0.25, 0.3) is 33.4 Å². The van der Waals surface area contributed by atoms with Gasteiger partial charge in [0.1, 0.15) is 24.7 Å². The Hall–Kier alpha value is -5.35. The summed E-state index contributed by atoms with van der Waals surface area (Å²) in [5.74, 6) is -1.95. The van der Waals surface area contributed by atoms with Crippen LogP contribution in [0, 0.1) is 11.3 Å². The molecule has 0 saturated carbocycles. The van der Waals surface area contributed by atoms with Crippen molar-refractivity contribution in [2.75, 3.05) is 84.8 Å². The predicted molar refractivity (Wildman–Crippen MR) is 257 cm³/mol. The normalized spacial score (nSPS) is 21.3. The molecule has 4 amide bonds. The van der Waals surface area contributed by atoms with Gasteiger partial charge in [-0.1, -0.05) is 33.8 Å². The number of ether oxygens (including phenoxy) is 4. The lowest BCUT2D eigenvalue weighted by molar-refractivity contribution is -0.155. The maximum absolute atomic E-state index is 15.0. The number of rotatable bonds is 9. The molecule has 3 saturated heterocycles. The minimum absolute atomic E-state index is 0.0325. The average Bonchev–Trinajstić information content (AvgIpc) is 3.93. The van der Waals surface area contributed by atoms with Gasteiger partial charge in [0.05, 0.1) is 73.1 Å². The molecule has 4 aliphatic rings. The number of methoxy groups -OCH3 is 1. The summed E-state index contributed by atoms with van der Waals surface area (Å²) in [4.78, 5) is 71.6. The summed E-state index contributed by atoms with van der Waals surface area (Å²) in [6, 6.07) is 3.82. The number of thiazole rings is 1. The van der Waals surface area contributed by atoms with Gasteiger partial charge in [-0.2, -0.15) is 13.2 Å². The molecule has 3 aromatic heterocycles. The fraction of sp³-hybridized carbons (Fsp3) is 0.592. The number of alkyl halides is 3. The second-order valence-corrected chi connectivity index (χ2v) is 20.6. The van der Waals surface area contributed by atoms with E-state index >= 15 is 0 Å². The molecule has 0 unspecified atom stereocenters. The fourth-order valence-corrected chi connectivity index (χ4v) is 10.7. The smallest absolute Gasteiger partial charge is 0.406 e. The molecule has 8 rings (SSSR count). The number of aromatic nitrogens is 3. The van der Waals surface area contributed by atoms with Gasteiger partial charge in [0.2, 0.25) is 5.91 Å². The highest BCUT2D eigenvalue weighted by atomic mass is 32.1. The molecule has 21 heteroatoms. The number of morpholine rings is 2. The first-order valence-corrected chi connectivity index (χ1v) is 24.9. The van der Waals surface area contributed by atoms with Crippen LogP contribution in [0.15, 0.2) is 35.8 Å². The molecular weight excluding hydrogens is 932 g/mol. The van der Waals surface area contributed by atoms with Crippen LogP contribution in [-0.2, 0) is 52.7 Å². The van der Waals surface area contributed by atoms with E-state index in [-0.39, 0.29) is 37.9 Å². The van der Waals surface area contributed by atoms with Crippen molar-refractivity contribution in [2.45, 2.75) is 97.3 Å². The number of hydrogen-bond donors (Lipinski definition) is 2. The Kier molecular flexibility index (Phi) is 15.4. The van der Waals surface area contributed by atoms with Crippen LogP contribution in [0.3, 0.4) is 0 Å². The Morgan fingerprint density at radius 2 is 1.76 bits per heavy atom. The maximum atomic E-state index is 15.0. The molecule has 3 fully saturated rings. The van der Waals surface area contributed by atoms with Gasteiger partial charge >= 0.3 is 18.2 Å². The number of halogens is 3. The number of nitrogens with zero attached hydrogens (tertiary/aromatic N) is 7. The third-order valence-electron chi connectivity index (χ3n) is 13.5. The number of likely N-dealkylation sites (N-methyl/N-ethyl adjacent to an activating group) is 1. The van der Waals surface area contributed by atoms with Gasteiger partial charge < -0.3 is 43.5 Å². The summed E-state index contributed by atoms with van der Waals surface area (Å²) < 4.78 is 69.1. The number of urea groups is 1. The van der Waals surface area contributed by atoms with E-state index in [0.29, 0.717) is 115 Å². The first-order valence-electron chi connectivity index (χ1n) is 24.0. The van der Waals surface area contributed by atoms with Crippen molar-refractivity contribution in [1.82, 2.24) is 40.1 Å². The van der Waals surface area contributed by atoms with Crippen molar-refractivity contribution in [2.24, 2.45) is 11.3 Å². The summed E-state index contributed by atoms with van der Waals surface area (Å²) in [5.41, 5.74) is 6.37. The quantitative estimate of drug-likeness (QED) is 0.188. The molecule has 4 atom stereocenters. The van der Waals surface area contributed by atoms with Crippen molar-refractivity contribution in [3.05, 3.63) is 52.1 Å². The Balaban J connectivity index is 1.24. The number of esters is 1. The molecule has 4 aromatic rings. The van der Waals surface area contributed by atoms with E-state index in [1.807, 2.05) is 52.1 Å². The van der Waals surface area contributed by atoms with Gasteiger partial charge in [0.15, 0.2) is 0 Å². The molecule has 4 aliphatic heterocycles. The predicted octanol–water partition coefficient (Wildman–Crippen LogP) is 5.99. The van der Waals surface area contributed by atoms with Gasteiger partial charge in [-0.3, -0.25) is 24.4 Å². The average molecular weight is 996 g/mol. The van der Waals surface area contributed by atoms with Crippen molar-refractivity contribution in [1.29, 1.82) is 0 Å². The molecule has 0 aliphatic carbocycles. The number of pyridine rings is 1. The molecule has 17 nitrogen and oxygen atoms in total. The van der Waals surface area contributed by atoms with Gasteiger partial charge in [0.25, 0.3) is 5.91 Å². The first-order chi connectivity index (χ1) is 33.3. The number of carbonyl (C=O) groups excluding carboxylic acids is 4. The fourth-order valence-electron chi connectivity index (χ4n) is 9.89. The van der Waals surface area contributed by atoms with Gasteiger partial charge in [-0.15, -0.1) is 11.3 Å². The monoisotopic (exact) mass is 995 g/mol. The van der Waals surface area contributed by atoms with Crippen molar-refractivity contribution in [3.63, 3.8) is 0 Å². The highest BCUT2D eigenvalue weighted by Crippen LogP contribution is 2.44. The van der Waals surface area contributed by atoms with E-state index < -0.39 is 60.1 Å². The Morgan fingerprint density at radius 3 is 2.44 bits per heavy atom. The number of carbonyl (C=O) groups is 4. The van der Waals surface area contributed by atoms with Crippen LogP contribution in [0.5, 0.6) is 0 Å². The van der Waals surface area contributed by atoms with Crippen LogP contribution in [0.4, 0.5) is 23.7 Å². The largest absolute Gasteiger partial charge is 0.464 e. The van der Waals surface area contributed by atoms with Crippen molar-refractivity contribution < 1.29 is 51.3 Å². The van der Waals surface area contributed by atoms with E-state index in [2.05, 4.69) is 15.6 Å². The van der Waals surface area contributed by atoms with Gasteiger partial charge in [0, 0.05) is 86.1 Å². The minimum Gasteiger partial charge on any atom is -0.464 e. The zero-order valence-electron chi connectivity index (χ0n) is 40.9. The lowest BCUT2D eigenvalue weighted by Crippen LogP contribution is -2.62. The molecule has 7 heterocycles. The van der Waals surface area contributed by atoms with E-state index in [4.69, 9.17) is 28.9 Å². The molecule has 70 heavy (non-hydrogen) atoms. The highest BCUT2D eigenvalue weighted by Gasteiger charge is 2.40. The molecular formula is C49H64F3N9O8S. The minimum atomic E-state index is -4.62. The Labute approximate surface area is 409 Å². The summed E-state index contributed by atoms with van der Waals surface area (Å²) in [5, 5.41) is 7.20. The lowest BCUT2D eigenvalue weighted by atomic mass is 9.84. The zero-order valence-corrected chi connectivity index (χ0v) is 41.7. The van der Waals surface area contributed by atoms with E-state index in [1.165, 1.54) is 32.9 Å². The summed E-state index contributed by atoms with van der Waals surface area (Å²) in [6.07, 6.45) is -2.50. The second-order valence-electron chi connectivity index (χ2n) is 19.7. The van der Waals surface area contributed by atoms with Crippen LogP contribution >= 0.6 is 11.3 Å². The number of nitrogens with one attached hydrogen (secondary N) is 2. The Morgan fingerprint density at radius 1 is 1.04 bits per heavy atom. The van der Waals surface area contributed by atoms with Crippen LogP contribution in [0.1, 0.15) is 69.8 Å². The number of fused-ring (bicyclic) bond motifs is 6.